The van der Waals surface area contributed by atoms with Crippen LogP contribution >= 0.6 is 0 Å². The molecule has 20 heavy (non-hydrogen) atoms. The standard InChI is InChI=1S/C12H17N5O3/c1-13-10-5-4-9(17(19)20)11(16-10)14-6-7-15-12(18)8-2-3-8/h4-5,8H,2-3,6-7H2,1H3,(H,15,18)(H2,13,14,16). The Morgan fingerprint density at radius 3 is 2.80 bits per heavy atom. The van der Waals surface area contributed by atoms with Gasteiger partial charge in [0.2, 0.25) is 11.7 Å². The Morgan fingerprint density at radius 2 is 2.20 bits per heavy atom. The molecule has 0 bridgehead atoms. The highest BCUT2D eigenvalue weighted by Gasteiger charge is 2.29. The third-order valence-corrected chi connectivity index (χ3v) is 2.99. The van der Waals surface area contributed by atoms with Crippen LogP contribution in [0.1, 0.15) is 12.8 Å². The predicted molar refractivity (Wildman–Crippen MR) is 74.7 cm³/mol. The van der Waals surface area contributed by atoms with Crippen LogP contribution in [0.5, 0.6) is 0 Å². The van der Waals surface area contributed by atoms with Crippen LogP contribution in [-0.4, -0.2) is 36.0 Å². The van der Waals surface area contributed by atoms with Gasteiger partial charge in [-0.2, -0.15) is 0 Å². The average molecular weight is 279 g/mol. The van der Waals surface area contributed by atoms with Crippen LogP contribution in [0.25, 0.3) is 0 Å². The number of nitrogens with zero attached hydrogens (tertiary/aromatic N) is 2. The van der Waals surface area contributed by atoms with Gasteiger partial charge in [0, 0.05) is 32.1 Å². The van der Waals surface area contributed by atoms with Crippen LogP contribution in [0.15, 0.2) is 12.1 Å². The predicted octanol–water partition coefficient (Wildman–Crippen LogP) is 0.970. The minimum absolute atomic E-state index is 0.0539. The van der Waals surface area contributed by atoms with Crippen molar-refractivity contribution in [3.8, 4) is 0 Å². The summed E-state index contributed by atoms with van der Waals surface area (Å²) in [5.41, 5.74) is -0.0856. The molecule has 0 spiro atoms. The molecule has 1 heterocycles. The van der Waals surface area contributed by atoms with E-state index in [4.69, 9.17) is 0 Å². The SMILES string of the molecule is CNc1ccc([N+](=O)[O-])c(NCCNC(=O)C2CC2)n1. The first-order valence-electron chi connectivity index (χ1n) is 6.46. The number of rotatable bonds is 7. The Hall–Kier alpha value is -2.38. The number of carbonyl (C=O) groups excluding carboxylic acids is 1. The maximum absolute atomic E-state index is 11.4. The average Bonchev–Trinajstić information content (AvgIpc) is 3.27. The number of amides is 1. The molecule has 8 heteroatoms. The van der Waals surface area contributed by atoms with Crippen LogP contribution < -0.4 is 16.0 Å². The maximum atomic E-state index is 11.4. The largest absolute Gasteiger partial charge is 0.373 e. The fraction of sp³-hybridized carbons (Fsp3) is 0.500. The lowest BCUT2D eigenvalue weighted by Gasteiger charge is -2.08. The lowest BCUT2D eigenvalue weighted by atomic mass is 10.3. The van der Waals surface area contributed by atoms with Crippen molar-refractivity contribution in [2.24, 2.45) is 5.92 Å². The molecule has 1 saturated carbocycles. The van der Waals surface area contributed by atoms with E-state index in [0.717, 1.165) is 12.8 Å². The van der Waals surface area contributed by atoms with Gasteiger partial charge < -0.3 is 16.0 Å². The summed E-state index contributed by atoms with van der Waals surface area (Å²) in [5.74, 6) is 0.955. The van der Waals surface area contributed by atoms with E-state index in [1.54, 1.807) is 7.05 Å². The lowest BCUT2D eigenvalue weighted by Crippen LogP contribution is -2.30. The van der Waals surface area contributed by atoms with Crippen LogP contribution in [0, 0.1) is 16.0 Å². The topological polar surface area (TPSA) is 109 Å². The van der Waals surface area contributed by atoms with Crippen molar-refractivity contribution < 1.29 is 9.72 Å². The highest BCUT2D eigenvalue weighted by molar-refractivity contribution is 5.80. The van der Waals surface area contributed by atoms with Gasteiger partial charge in [0.05, 0.1) is 4.92 Å². The van der Waals surface area contributed by atoms with Gasteiger partial charge in [-0.05, 0) is 18.9 Å². The molecule has 1 aromatic heterocycles. The van der Waals surface area contributed by atoms with Crippen molar-refractivity contribution in [3.05, 3.63) is 22.2 Å². The first kappa shape index (κ1) is 14.0. The second-order valence-corrected chi connectivity index (χ2v) is 4.56. The molecule has 3 N–H and O–H groups in total. The molecule has 1 aliphatic rings. The number of carbonyl (C=O) groups is 1. The molecule has 2 rings (SSSR count). The summed E-state index contributed by atoms with van der Waals surface area (Å²) in [7, 11) is 1.69. The van der Waals surface area contributed by atoms with Crippen LogP contribution in [0.2, 0.25) is 0 Å². The van der Waals surface area contributed by atoms with Crippen molar-refractivity contribution in [1.29, 1.82) is 0 Å². The molecular formula is C12H17N5O3. The van der Waals surface area contributed by atoms with Gasteiger partial charge in [-0.1, -0.05) is 0 Å². The number of hydrogen-bond donors (Lipinski definition) is 3. The van der Waals surface area contributed by atoms with Crippen molar-refractivity contribution in [2.75, 3.05) is 30.8 Å². The van der Waals surface area contributed by atoms with Gasteiger partial charge in [-0.3, -0.25) is 14.9 Å². The number of anilines is 2. The van der Waals surface area contributed by atoms with Crippen LogP contribution in [-0.2, 0) is 4.79 Å². The first-order chi connectivity index (χ1) is 9.61. The molecule has 0 aromatic carbocycles. The molecule has 0 radical (unpaired) electrons. The third-order valence-electron chi connectivity index (χ3n) is 2.99. The molecule has 1 aliphatic carbocycles. The quantitative estimate of drug-likeness (QED) is 0.390. The van der Waals surface area contributed by atoms with Crippen LogP contribution in [0.4, 0.5) is 17.3 Å². The van der Waals surface area contributed by atoms with Crippen molar-refractivity contribution >= 4 is 23.2 Å². The second-order valence-electron chi connectivity index (χ2n) is 4.56. The Balaban J connectivity index is 1.89. The van der Waals surface area contributed by atoms with E-state index < -0.39 is 4.92 Å². The fourth-order valence-electron chi connectivity index (χ4n) is 1.72. The van der Waals surface area contributed by atoms with E-state index in [0.29, 0.717) is 18.9 Å². The van der Waals surface area contributed by atoms with Gasteiger partial charge in [-0.25, -0.2) is 4.98 Å². The van der Waals surface area contributed by atoms with Gasteiger partial charge in [0.25, 0.3) is 0 Å². The summed E-state index contributed by atoms with van der Waals surface area (Å²) >= 11 is 0. The molecule has 108 valence electrons. The van der Waals surface area contributed by atoms with E-state index in [1.807, 2.05) is 0 Å². The molecular weight excluding hydrogens is 262 g/mol. The molecule has 0 atom stereocenters. The lowest BCUT2D eigenvalue weighted by molar-refractivity contribution is -0.384. The molecule has 1 aromatic rings. The summed E-state index contributed by atoms with van der Waals surface area (Å²) < 4.78 is 0. The Labute approximate surface area is 116 Å². The highest BCUT2D eigenvalue weighted by Crippen LogP contribution is 2.28. The molecule has 0 unspecified atom stereocenters. The summed E-state index contributed by atoms with van der Waals surface area (Å²) in [5, 5.41) is 19.4. The highest BCUT2D eigenvalue weighted by atomic mass is 16.6. The van der Waals surface area contributed by atoms with Gasteiger partial charge in [-0.15, -0.1) is 0 Å². The Morgan fingerprint density at radius 1 is 1.45 bits per heavy atom. The van der Waals surface area contributed by atoms with E-state index in [9.17, 15) is 14.9 Å². The number of nitro groups is 1. The monoisotopic (exact) mass is 279 g/mol. The maximum Gasteiger partial charge on any atom is 0.311 e. The van der Waals surface area contributed by atoms with E-state index >= 15 is 0 Å². The molecule has 8 nitrogen and oxygen atoms in total. The number of pyridine rings is 1. The van der Waals surface area contributed by atoms with Crippen molar-refractivity contribution in [2.45, 2.75) is 12.8 Å². The van der Waals surface area contributed by atoms with E-state index in [1.165, 1.54) is 12.1 Å². The Bertz CT molecular complexity index is 516. The zero-order valence-corrected chi connectivity index (χ0v) is 11.2. The zero-order valence-electron chi connectivity index (χ0n) is 11.2. The van der Waals surface area contributed by atoms with Crippen molar-refractivity contribution in [1.82, 2.24) is 10.3 Å². The van der Waals surface area contributed by atoms with Gasteiger partial charge in [0.1, 0.15) is 5.82 Å². The molecule has 0 aliphatic heterocycles. The minimum atomic E-state index is -0.489. The van der Waals surface area contributed by atoms with Crippen molar-refractivity contribution in [3.63, 3.8) is 0 Å². The summed E-state index contributed by atoms with van der Waals surface area (Å²) in [6, 6.07) is 2.93. The number of nitrogens with one attached hydrogen (secondary N) is 3. The fourth-order valence-corrected chi connectivity index (χ4v) is 1.72. The summed E-state index contributed by atoms with van der Waals surface area (Å²) in [6.45, 7) is 0.803. The third kappa shape index (κ3) is 3.56. The van der Waals surface area contributed by atoms with E-state index in [-0.39, 0.29) is 23.3 Å². The summed E-state index contributed by atoms with van der Waals surface area (Å²) in [4.78, 5) is 25.9. The smallest absolute Gasteiger partial charge is 0.311 e. The normalized spacial score (nSPS) is 13.7. The molecule has 0 saturated heterocycles. The van der Waals surface area contributed by atoms with E-state index in [2.05, 4.69) is 20.9 Å². The minimum Gasteiger partial charge on any atom is -0.373 e. The Kier molecular flexibility index (Phi) is 4.34. The molecule has 1 fully saturated rings. The van der Waals surface area contributed by atoms with Crippen LogP contribution in [0.3, 0.4) is 0 Å². The number of aromatic nitrogens is 1. The first-order valence-corrected chi connectivity index (χ1v) is 6.46. The summed E-state index contributed by atoms with van der Waals surface area (Å²) in [6.07, 6.45) is 1.91. The van der Waals surface area contributed by atoms with Gasteiger partial charge in [0.15, 0.2) is 0 Å². The van der Waals surface area contributed by atoms with Gasteiger partial charge >= 0.3 is 5.69 Å². The molecule has 1 amide bonds. The second kappa shape index (κ2) is 6.18. The zero-order chi connectivity index (χ0) is 14.5. The number of hydrogen-bond acceptors (Lipinski definition) is 6.